The summed E-state index contributed by atoms with van der Waals surface area (Å²) in [4.78, 5) is 41.3. The maximum atomic E-state index is 13.1. The van der Waals surface area contributed by atoms with Crippen LogP contribution in [0.4, 0.5) is 5.82 Å². The summed E-state index contributed by atoms with van der Waals surface area (Å²) in [5.74, 6) is 0.407. The van der Waals surface area contributed by atoms with Gasteiger partial charge in [-0.1, -0.05) is 36.9 Å². The fourth-order valence-corrected chi connectivity index (χ4v) is 4.41. The Morgan fingerprint density at radius 3 is 2.50 bits per heavy atom. The van der Waals surface area contributed by atoms with E-state index in [9.17, 15) is 9.59 Å². The SMILES string of the molecule is C=C/C=c1/[nH]cc(C(=O)C(=O)N2CCN(c3nccc4ccccc34)CC2)/c1=C(/C)OC.Cn1ccnc1. The van der Waals surface area contributed by atoms with Crippen molar-refractivity contribution in [3.8, 4) is 0 Å². The highest BCUT2D eigenvalue weighted by Gasteiger charge is 2.29. The first-order chi connectivity index (χ1) is 18.4. The fourth-order valence-electron chi connectivity index (χ4n) is 4.41. The smallest absolute Gasteiger partial charge is 0.295 e. The van der Waals surface area contributed by atoms with Gasteiger partial charge in [-0.05, 0) is 24.5 Å². The van der Waals surface area contributed by atoms with Crippen LogP contribution in [0, 0.1) is 0 Å². The molecule has 0 spiro atoms. The first kappa shape index (κ1) is 26.4. The van der Waals surface area contributed by atoms with E-state index in [1.54, 1.807) is 48.9 Å². The Balaban J connectivity index is 0.000000494. The molecular weight excluding hydrogens is 480 g/mol. The molecule has 1 aromatic carbocycles. The number of rotatable bonds is 5. The number of anilines is 1. The molecule has 9 nitrogen and oxygen atoms in total. The van der Waals surface area contributed by atoms with Crippen LogP contribution in [0.15, 0.2) is 74.1 Å². The third kappa shape index (κ3) is 5.67. The molecule has 0 unspecified atom stereocenters. The molecule has 0 radical (unpaired) electrons. The molecule has 38 heavy (non-hydrogen) atoms. The van der Waals surface area contributed by atoms with E-state index in [4.69, 9.17) is 4.74 Å². The topological polar surface area (TPSA) is 96.4 Å². The van der Waals surface area contributed by atoms with Gasteiger partial charge in [0.15, 0.2) is 0 Å². The van der Waals surface area contributed by atoms with E-state index in [0.717, 1.165) is 16.6 Å². The Labute approximate surface area is 221 Å². The third-order valence-electron chi connectivity index (χ3n) is 6.45. The largest absolute Gasteiger partial charge is 0.501 e. The van der Waals surface area contributed by atoms with Crippen LogP contribution in [0.2, 0.25) is 0 Å². The average Bonchev–Trinajstić information content (AvgIpc) is 3.61. The van der Waals surface area contributed by atoms with Gasteiger partial charge in [0.05, 0.1) is 19.0 Å². The number of pyridine rings is 1. The zero-order chi connectivity index (χ0) is 27.1. The predicted molar refractivity (Wildman–Crippen MR) is 149 cm³/mol. The number of aromatic nitrogens is 4. The number of carbonyl (C=O) groups is 2. The van der Waals surface area contributed by atoms with Crippen molar-refractivity contribution in [1.29, 1.82) is 0 Å². The standard InChI is InChI=1S/C25H26N4O3.C4H6N2/c1-4-7-21-22(17(2)32-3)20(16-27-21)23(30)25(31)29-14-12-28(13-15-29)24-19-9-6-5-8-18(19)10-11-26-24;1-6-3-2-5-4-6/h4-11,16,27H,1,12-15H2,2-3H3;2-4H,1H3/b21-7+,22-17+;. The van der Waals surface area contributed by atoms with Crippen LogP contribution < -0.4 is 15.5 Å². The molecule has 4 aromatic rings. The number of Topliss-reactive ketones (excluding diaryl/α,β-unsaturated/α-hetero) is 1. The lowest BCUT2D eigenvalue weighted by Crippen LogP contribution is -2.51. The van der Waals surface area contributed by atoms with E-state index < -0.39 is 11.7 Å². The van der Waals surface area contributed by atoms with E-state index in [1.807, 2.05) is 36.0 Å². The minimum Gasteiger partial charge on any atom is -0.501 e. The van der Waals surface area contributed by atoms with E-state index in [-0.39, 0.29) is 0 Å². The fraction of sp³-hybridized carbons (Fsp3) is 0.241. The molecule has 9 heteroatoms. The Morgan fingerprint density at radius 1 is 1.11 bits per heavy atom. The molecule has 0 aliphatic carbocycles. The number of ether oxygens (including phenoxy) is 1. The second-order valence-electron chi connectivity index (χ2n) is 8.85. The zero-order valence-electron chi connectivity index (χ0n) is 21.9. The van der Waals surface area contributed by atoms with Crippen LogP contribution in [-0.2, 0) is 16.6 Å². The number of nitrogens with zero attached hydrogens (tertiary/aromatic N) is 5. The zero-order valence-corrected chi connectivity index (χ0v) is 21.9. The number of hydrogen-bond donors (Lipinski definition) is 1. The maximum Gasteiger partial charge on any atom is 0.295 e. The lowest BCUT2D eigenvalue weighted by Gasteiger charge is -2.35. The molecule has 3 aromatic heterocycles. The number of allylic oxidation sites excluding steroid dienone is 1. The van der Waals surface area contributed by atoms with Crippen LogP contribution in [-0.4, -0.2) is 69.4 Å². The maximum absolute atomic E-state index is 13.1. The second kappa shape index (κ2) is 12.1. The van der Waals surface area contributed by atoms with Crippen molar-refractivity contribution in [1.82, 2.24) is 24.4 Å². The Kier molecular flexibility index (Phi) is 8.37. The number of H-pyrrole nitrogens is 1. The summed E-state index contributed by atoms with van der Waals surface area (Å²) in [5, 5.41) is 3.48. The first-order valence-corrected chi connectivity index (χ1v) is 12.3. The number of aromatic amines is 1. The van der Waals surface area contributed by atoms with E-state index in [1.165, 1.54) is 7.11 Å². The van der Waals surface area contributed by atoms with Crippen molar-refractivity contribution in [2.24, 2.45) is 7.05 Å². The molecule has 1 aliphatic rings. The van der Waals surface area contributed by atoms with Gasteiger partial charge in [0.1, 0.15) is 11.6 Å². The quantitative estimate of drug-likeness (QED) is 0.326. The number of piperazine rings is 1. The van der Waals surface area contributed by atoms with Crippen LogP contribution in [0.1, 0.15) is 17.3 Å². The van der Waals surface area contributed by atoms with Gasteiger partial charge in [-0.15, -0.1) is 0 Å². The van der Waals surface area contributed by atoms with Gasteiger partial charge in [-0.3, -0.25) is 9.59 Å². The van der Waals surface area contributed by atoms with Crippen molar-refractivity contribution in [3.05, 3.63) is 90.2 Å². The van der Waals surface area contributed by atoms with Crippen molar-refractivity contribution in [3.63, 3.8) is 0 Å². The number of benzene rings is 1. The molecule has 1 amide bonds. The van der Waals surface area contributed by atoms with Crippen molar-refractivity contribution in [2.75, 3.05) is 38.2 Å². The van der Waals surface area contributed by atoms with Gasteiger partial charge in [-0.25, -0.2) is 9.97 Å². The Morgan fingerprint density at radius 2 is 1.87 bits per heavy atom. The van der Waals surface area contributed by atoms with Gasteiger partial charge in [0.25, 0.3) is 11.7 Å². The average molecular weight is 513 g/mol. The summed E-state index contributed by atoms with van der Waals surface area (Å²) in [6.45, 7) is 7.59. The molecular formula is C29H32N6O3. The van der Waals surface area contributed by atoms with E-state index >= 15 is 0 Å². The lowest BCUT2D eigenvalue weighted by molar-refractivity contribution is -0.126. The highest BCUT2D eigenvalue weighted by molar-refractivity contribution is 6.42. The minimum absolute atomic E-state index is 0.306. The summed E-state index contributed by atoms with van der Waals surface area (Å²) in [6, 6.07) is 10.1. The van der Waals surface area contributed by atoms with Gasteiger partial charge in [0.2, 0.25) is 0 Å². The molecule has 1 saturated heterocycles. The van der Waals surface area contributed by atoms with E-state index in [0.29, 0.717) is 48.1 Å². The number of fused-ring (bicyclic) bond motifs is 1. The number of nitrogens with one attached hydrogen (secondary N) is 1. The number of carbonyl (C=O) groups excluding carboxylic acids is 2. The van der Waals surface area contributed by atoms with Gasteiger partial charge in [-0.2, -0.15) is 0 Å². The molecule has 0 atom stereocenters. The van der Waals surface area contributed by atoms with Crippen LogP contribution in [0.25, 0.3) is 22.6 Å². The lowest BCUT2D eigenvalue weighted by atomic mass is 10.1. The second-order valence-corrected chi connectivity index (χ2v) is 8.85. The number of methoxy groups -OCH3 is 1. The van der Waals surface area contributed by atoms with Gasteiger partial charge >= 0.3 is 0 Å². The predicted octanol–water partition coefficient (Wildman–Crippen LogP) is 2.26. The summed E-state index contributed by atoms with van der Waals surface area (Å²) in [6.07, 6.45) is 12.1. The molecule has 1 aliphatic heterocycles. The van der Waals surface area contributed by atoms with E-state index in [2.05, 4.69) is 38.6 Å². The summed E-state index contributed by atoms with van der Waals surface area (Å²) in [5.41, 5.74) is 0.306. The molecule has 0 bridgehead atoms. The molecule has 4 heterocycles. The molecule has 1 N–H and O–H groups in total. The summed E-state index contributed by atoms with van der Waals surface area (Å²) in [7, 11) is 3.48. The molecule has 0 saturated carbocycles. The third-order valence-corrected chi connectivity index (χ3v) is 6.45. The van der Waals surface area contributed by atoms with Crippen molar-refractivity contribution in [2.45, 2.75) is 6.92 Å². The molecule has 196 valence electrons. The molecule has 5 rings (SSSR count). The number of ketones is 1. The minimum atomic E-state index is -0.548. The van der Waals surface area contributed by atoms with Crippen molar-refractivity contribution >= 4 is 40.1 Å². The number of hydrogen-bond acceptors (Lipinski definition) is 6. The summed E-state index contributed by atoms with van der Waals surface area (Å²) < 4.78 is 7.24. The van der Waals surface area contributed by atoms with Gasteiger partial charge in [0, 0.05) is 74.0 Å². The highest BCUT2D eigenvalue weighted by Crippen LogP contribution is 2.25. The van der Waals surface area contributed by atoms with Crippen LogP contribution >= 0.6 is 0 Å². The highest BCUT2D eigenvalue weighted by atomic mass is 16.5. The summed E-state index contributed by atoms with van der Waals surface area (Å²) >= 11 is 0. The Bertz CT molecular complexity index is 1540. The number of aryl methyl sites for hydroxylation is 1. The monoisotopic (exact) mass is 512 g/mol. The number of imidazole rings is 1. The molecule has 1 fully saturated rings. The van der Waals surface area contributed by atoms with Crippen molar-refractivity contribution < 1.29 is 14.3 Å². The van der Waals surface area contributed by atoms with Gasteiger partial charge < -0.3 is 24.1 Å². The van der Waals surface area contributed by atoms with Crippen LogP contribution in [0.3, 0.4) is 0 Å². The first-order valence-electron chi connectivity index (χ1n) is 12.3. The number of amides is 1. The normalized spacial score (nSPS) is 14.6. The Hall–Kier alpha value is -4.66. The van der Waals surface area contributed by atoms with Crippen LogP contribution in [0.5, 0.6) is 0 Å².